The third kappa shape index (κ3) is 6.06. The molecule has 5 N–H and O–H groups in total. The zero-order valence-corrected chi connectivity index (χ0v) is 24.5. The molecule has 15 heteroatoms. The van der Waals surface area contributed by atoms with Crippen molar-refractivity contribution >= 4 is 11.9 Å². The van der Waals surface area contributed by atoms with Crippen LogP contribution in [0.5, 0.6) is 34.5 Å². The number of hydrogen-bond donors (Lipinski definition) is 5. The molecule has 0 saturated carbocycles. The van der Waals surface area contributed by atoms with Crippen molar-refractivity contribution in [3.05, 3.63) is 70.8 Å². The van der Waals surface area contributed by atoms with Gasteiger partial charge in [-0.3, -0.25) is 9.59 Å². The van der Waals surface area contributed by atoms with Crippen LogP contribution in [0.4, 0.5) is 0 Å². The molecule has 4 heterocycles. The highest BCUT2D eigenvalue weighted by molar-refractivity contribution is 5.90. The molecule has 7 rings (SSSR count). The van der Waals surface area contributed by atoms with E-state index in [0.717, 1.165) is 11.1 Å². The number of ether oxygens (including phenoxy) is 6. The van der Waals surface area contributed by atoms with E-state index in [1.165, 1.54) is 0 Å². The first-order valence-corrected chi connectivity index (χ1v) is 14.7. The Morgan fingerprint density at radius 1 is 0.894 bits per heavy atom. The van der Waals surface area contributed by atoms with E-state index in [2.05, 4.69) is 0 Å². The van der Waals surface area contributed by atoms with Gasteiger partial charge in [-0.2, -0.15) is 4.89 Å². The van der Waals surface area contributed by atoms with Crippen molar-refractivity contribution in [1.29, 1.82) is 0 Å². The van der Waals surface area contributed by atoms with E-state index in [-0.39, 0.29) is 24.2 Å². The van der Waals surface area contributed by atoms with E-state index in [9.17, 15) is 30.0 Å². The number of fused-ring (bicyclic) bond motifs is 6. The molecule has 248 valence electrons. The average Bonchev–Trinajstić information content (AvgIpc) is 3.65. The van der Waals surface area contributed by atoms with Gasteiger partial charge in [-0.05, 0) is 35.9 Å². The van der Waals surface area contributed by atoms with Crippen LogP contribution in [0.3, 0.4) is 0 Å². The minimum absolute atomic E-state index is 0.118. The summed E-state index contributed by atoms with van der Waals surface area (Å²) in [7, 11) is 0. The quantitative estimate of drug-likeness (QED) is 0.0957. The lowest BCUT2D eigenvalue weighted by molar-refractivity contribution is -0.365. The summed E-state index contributed by atoms with van der Waals surface area (Å²) in [5, 5.41) is 50.3. The second-order valence-electron chi connectivity index (χ2n) is 11.5. The summed E-state index contributed by atoms with van der Waals surface area (Å²) < 4.78 is 33.9. The summed E-state index contributed by atoms with van der Waals surface area (Å²) in [6, 6.07) is 13.7. The van der Waals surface area contributed by atoms with Crippen molar-refractivity contribution in [3.63, 3.8) is 0 Å². The number of carbonyl (C=O) groups excluding carboxylic acids is 1. The lowest BCUT2D eigenvalue weighted by Gasteiger charge is -2.39. The van der Waals surface area contributed by atoms with Gasteiger partial charge in [0.1, 0.15) is 54.7 Å². The molecule has 4 aliphatic heterocycles. The zero-order valence-electron chi connectivity index (χ0n) is 24.5. The van der Waals surface area contributed by atoms with Crippen LogP contribution in [0, 0.1) is 0 Å². The molecular formula is C32H30O15. The minimum Gasteiger partial charge on any atom is -0.508 e. The molecule has 0 amide bonds. The van der Waals surface area contributed by atoms with Crippen LogP contribution in [0.1, 0.15) is 40.7 Å². The van der Waals surface area contributed by atoms with Crippen molar-refractivity contribution < 1.29 is 73.3 Å². The van der Waals surface area contributed by atoms with Crippen LogP contribution >= 0.6 is 0 Å². The Morgan fingerprint density at radius 2 is 1.66 bits per heavy atom. The molecule has 3 aromatic rings. The number of rotatable bonds is 9. The number of esters is 1. The molecule has 0 aromatic heterocycles. The molecule has 3 aromatic carbocycles. The van der Waals surface area contributed by atoms with Gasteiger partial charge in [0.05, 0.1) is 12.5 Å². The maximum atomic E-state index is 11.6. The van der Waals surface area contributed by atoms with Crippen molar-refractivity contribution in [1.82, 2.24) is 0 Å². The third-order valence-electron chi connectivity index (χ3n) is 8.36. The van der Waals surface area contributed by atoms with E-state index < -0.39 is 61.8 Å². The summed E-state index contributed by atoms with van der Waals surface area (Å²) in [6.45, 7) is -0.168. The Kier molecular flexibility index (Phi) is 8.15. The van der Waals surface area contributed by atoms with Gasteiger partial charge in [0.25, 0.3) is 0 Å². The summed E-state index contributed by atoms with van der Waals surface area (Å²) in [5.41, 5.74) is 3.11. The number of benzene rings is 3. The average molecular weight is 655 g/mol. The smallest absolute Gasteiger partial charge is 0.317 e. The molecule has 7 atom stereocenters. The topological polar surface area (TPSA) is 209 Å². The van der Waals surface area contributed by atoms with Crippen LogP contribution in [0.25, 0.3) is 0 Å². The molecule has 0 unspecified atom stereocenters. The Hall–Kier alpha value is -4.80. The van der Waals surface area contributed by atoms with Crippen LogP contribution in [0.15, 0.2) is 48.5 Å². The van der Waals surface area contributed by atoms with Crippen molar-refractivity contribution in [2.24, 2.45) is 0 Å². The molecule has 0 radical (unpaired) electrons. The van der Waals surface area contributed by atoms with Gasteiger partial charge in [0.2, 0.25) is 6.79 Å². The standard InChI is InChI=1S/C32H30O15/c33-16-3-1-14(2-4-16)5-15-6-17(46-47-31-28(38)27(37)24(45-32(31)39)12-40-26(36)10-25(34)35)7-19-29(15)41-11-20-18-8-22-23(43-13-42-22)9-21(18)44-30(19)20/h1-4,6-9,20,24,27-28,30-33,37-39H,5,10-13H2,(H,34,35)/t20-,24+,27+,28-,30+,31-,32+/m0/s1. The number of aromatic hydroxyl groups is 1. The number of carbonyl (C=O) groups is 2. The summed E-state index contributed by atoms with van der Waals surface area (Å²) in [4.78, 5) is 33.3. The number of aliphatic hydroxyl groups excluding tert-OH is 3. The van der Waals surface area contributed by atoms with Crippen LogP contribution in [-0.4, -0.2) is 88.2 Å². The van der Waals surface area contributed by atoms with Gasteiger partial charge in [-0.25, -0.2) is 0 Å². The molecular weight excluding hydrogens is 624 g/mol. The van der Waals surface area contributed by atoms with Gasteiger partial charge < -0.3 is 58.8 Å². The maximum absolute atomic E-state index is 11.6. The minimum atomic E-state index is -1.82. The van der Waals surface area contributed by atoms with Gasteiger partial charge in [-0.15, -0.1) is 0 Å². The maximum Gasteiger partial charge on any atom is 0.317 e. The fraction of sp³-hybridized carbons (Fsp3) is 0.375. The van der Waals surface area contributed by atoms with E-state index in [4.69, 9.17) is 43.3 Å². The molecule has 0 aliphatic carbocycles. The van der Waals surface area contributed by atoms with Crippen molar-refractivity contribution in [3.8, 4) is 34.5 Å². The van der Waals surface area contributed by atoms with Crippen LogP contribution < -0.4 is 23.8 Å². The normalized spacial score (nSPS) is 26.7. The fourth-order valence-electron chi connectivity index (χ4n) is 6.05. The Morgan fingerprint density at radius 3 is 2.43 bits per heavy atom. The lowest BCUT2D eigenvalue weighted by atomic mass is 9.87. The number of phenolic OH excluding ortho intramolecular Hbond substituents is 1. The van der Waals surface area contributed by atoms with E-state index in [1.54, 1.807) is 42.5 Å². The Balaban J connectivity index is 1.12. The summed E-state index contributed by atoms with van der Waals surface area (Å²) in [6.07, 6.45) is -9.22. The summed E-state index contributed by atoms with van der Waals surface area (Å²) in [5.74, 6) is 0.0163. The molecule has 1 saturated heterocycles. The first-order valence-electron chi connectivity index (χ1n) is 14.7. The van der Waals surface area contributed by atoms with Gasteiger partial charge in [0.15, 0.2) is 29.6 Å². The molecule has 0 spiro atoms. The van der Waals surface area contributed by atoms with Gasteiger partial charge in [-0.1, -0.05) is 12.1 Å². The number of carboxylic acids is 1. The Bertz CT molecular complexity index is 1670. The van der Waals surface area contributed by atoms with Crippen molar-refractivity contribution in [2.75, 3.05) is 20.0 Å². The fourth-order valence-corrected chi connectivity index (χ4v) is 6.05. The largest absolute Gasteiger partial charge is 0.508 e. The predicted octanol–water partition coefficient (Wildman–Crippen LogP) is 1.46. The SMILES string of the molecule is O=C(O)CC(=O)OC[C@H]1O[C@@H](O)[C@@H](OOc2cc(Cc3ccc(O)cc3)c3c(c2)[C@H]2Oc4cc5c(cc4[C@@H]2CO3)OCO5)[C@@H](O)[C@@H]1O. The first kappa shape index (κ1) is 30.8. The second kappa shape index (κ2) is 12.4. The zero-order chi connectivity index (χ0) is 32.8. The van der Waals surface area contributed by atoms with E-state index in [0.29, 0.717) is 47.2 Å². The van der Waals surface area contributed by atoms with Gasteiger partial charge in [0, 0.05) is 29.2 Å². The molecule has 47 heavy (non-hydrogen) atoms. The first-order chi connectivity index (χ1) is 22.6. The molecule has 0 bridgehead atoms. The van der Waals surface area contributed by atoms with E-state index in [1.807, 2.05) is 6.07 Å². The Labute approximate surface area is 266 Å². The second-order valence-corrected chi connectivity index (χ2v) is 11.5. The highest BCUT2D eigenvalue weighted by Crippen LogP contribution is 2.55. The molecule has 1 fully saturated rings. The third-order valence-corrected chi connectivity index (χ3v) is 8.36. The number of carboxylic acid groups (broad SMARTS) is 1. The van der Waals surface area contributed by atoms with Crippen LogP contribution in [-0.2, 0) is 30.4 Å². The molecule has 4 aliphatic rings. The van der Waals surface area contributed by atoms with Gasteiger partial charge >= 0.3 is 11.9 Å². The highest BCUT2D eigenvalue weighted by atomic mass is 17.2. The summed E-state index contributed by atoms with van der Waals surface area (Å²) >= 11 is 0. The van der Waals surface area contributed by atoms with E-state index >= 15 is 0 Å². The van der Waals surface area contributed by atoms with Crippen molar-refractivity contribution in [2.45, 2.75) is 55.6 Å². The highest BCUT2D eigenvalue weighted by Gasteiger charge is 2.47. The predicted molar refractivity (Wildman–Crippen MR) is 153 cm³/mol. The number of aliphatic carboxylic acids is 1. The molecule has 15 nitrogen and oxygen atoms in total. The monoisotopic (exact) mass is 654 g/mol. The number of hydrogen-bond acceptors (Lipinski definition) is 14. The van der Waals surface area contributed by atoms with Crippen LogP contribution in [0.2, 0.25) is 0 Å². The lowest BCUT2D eigenvalue weighted by Crippen LogP contribution is -2.59. The number of aliphatic hydroxyl groups is 3. The number of phenols is 1.